The molecule has 0 aromatic rings. The van der Waals surface area contributed by atoms with Gasteiger partial charge in [-0.1, -0.05) is 20.8 Å². The van der Waals surface area contributed by atoms with Crippen LogP contribution in [0, 0.1) is 16.7 Å². The van der Waals surface area contributed by atoms with Crippen LogP contribution < -0.4 is 11.1 Å². The first kappa shape index (κ1) is 7.56. The maximum Gasteiger partial charge on any atom is 0.0164 e. The van der Waals surface area contributed by atoms with Crippen molar-refractivity contribution in [3.8, 4) is 0 Å². The Morgan fingerprint density at radius 2 is 2.09 bits per heavy atom. The minimum Gasteiger partial charge on any atom is -0.327 e. The molecule has 3 atom stereocenters. The Morgan fingerprint density at radius 1 is 1.45 bits per heavy atom. The summed E-state index contributed by atoms with van der Waals surface area (Å²) in [6, 6.07) is 0.462. The summed E-state index contributed by atoms with van der Waals surface area (Å²) in [5.41, 5.74) is 6.85. The van der Waals surface area contributed by atoms with Crippen LogP contribution in [0.2, 0.25) is 0 Å². The van der Waals surface area contributed by atoms with E-state index in [1.165, 1.54) is 0 Å². The molecule has 2 rings (SSSR count). The first-order valence-electron chi connectivity index (χ1n) is 4.46. The van der Waals surface area contributed by atoms with E-state index in [1.807, 2.05) is 0 Å². The highest BCUT2D eigenvalue weighted by atomic mass is 15.1. The Morgan fingerprint density at radius 3 is 2.36 bits per heavy atom. The van der Waals surface area contributed by atoms with Crippen LogP contribution in [0.1, 0.15) is 20.8 Å². The molecule has 3 N–H and O–H groups in total. The monoisotopic (exact) mass is 154 g/mol. The zero-order valence-corrected chi connectivity index (χ0v) is 7.65. The number of nitrogens with one attached hydrogen (secondary N) is 1. The van der Waals surface area contributed by atoms with Gasteiger partial charge in [0.15, 0.2) is 0 Å². The Labute approximate surface area is 68.5 Å². The SMILES string of the molecule is CC(C)(C)C12CNCC1C2N. The molecule has 1 aliphatic heterocycles. The van der Waals surface area contributed by atoms with Crippen LogP contribution in [0.5, 0.6) is 0 Å². The zero-order valence-electron chi connectivity index (χ0n) is 7.65. The van der Waals surface area contributed by atoms with Gasteiger partial charge in [-0.15, -0.1) is 0 Å². The van der Waals surface area contributed by atoms with E-state index in [2.05, 4.69) is 26.1 Å². The van der Waals surface area contributed by atoms with Crippen molar-refractivity contribution in [2.45, 2.75) is 26.8 Å². The van der Waals surface area contributed by atoms with Crippen molar-refractivity contribution in [1.82, 2.24) is 5.32 Å². The standard InChI is InChI=1S/C9H18N2/c1-8(2,3)9-5-11-4-6(9)7(9)10/h6-7,11H,4-5,10H2,1-3H3. The molecular formula is C9H18N2. The third kappa shape index (κ3) is 0.695. The van der Waals surface area contributed by atoms with Gasteiger partial charge in [-0.25, -0.2) is 0 Å². The summed E-state index contributed by atoms with van der Waals surface area (Å²) < 4.78 is 0. The number of nitrogens with two attached hydrogens (primary N) is 1. The summed E-state index contributed by atoms with van der Waals surface area (Å²) in [6.07, 6.45) is 0. The van der Waals surface area contributed by atoms with Gasteiger partial charge >= 0.3 is 0 Å². The van der Waals surface area contributed by atoms with Crippen LogP contribution in [-0.4, -0.2) is 19.1 Å². The second kappa shape index (κ2) is 1.80. The fourth-order valence-corrected chi connectivity index (χ4v) is 2.86. The largest absolute Gasteiger partial charge is 0.327 e. The molecule has 2 fully saturated rings. The van der Waals surface area contributed by atoms with E-state index in [4.69, 9.17) is 5.73 Å². The van der Waals surface area contributed by atoms with Gasteiger partial charge in [0.1, 0.15) is 0 Å². The lowest BCUT2D eigenvalue weighted by Gasteiger charge is -2.30. The maximum atomic E-state index is 6.05. The second-order valence-electron chi connectivity index (χ2n) is 5.05. The highest BCUT2D eigenvalue weighted by molar-refractivity contribution is 5.23. The van der Waals surface area contributed by atoms with E-state index in [0.717, 1.165) is 19.0 Å². The molecule has 64 valence electrons. The van der Waals surface area contributed by atoms with Crippen LogP contribution in [0.4, 0.5) is 0 Å². The molecule has 3 unspecified atom stereocenters. The zero-order chi connectivity index (χ0) is 8.28. The topological polar surface area (TPSA) is 38.0 Å². The van der Waals surface area contributed by atoms with Crippen LogP contribution in [0.3, 0.4) is 0 Å². The lowest BCUT2D eigenvalue weighted by molar-refractivity contribution is 0.210. The van der Waals surface area contributed by atoms with E-state index >= 15 is 0 Å². The van der Waals surface area contributed by atoms with Crippen molar-refractivity contribution in [3.63, 3.8) is 0 Å². The van der Waals surface area contributed by atoms with Crippen molar-refractivity contribution < 1.29 is 0 Å². The van der Waals surface area contributed by atoms with E-state index in [0.29, 0.717) is 16.9 Å². The lowest BCUT2D eigenvalue weighted by atomic mass is 9.76. The summed E-state index contributed by atoms with van der Waals surface area (Å²) in [5, 5.41) is 3.42. The fraction of sp³-hybridized carbons (Fsp3) is 1.00. The van der Waals surface area contributed by atoms with Gasteiger partial charge in [0.2, 0.25) is 0 Å². The average Bonchev–Trinajstić information content (AvgIpc) is 2.37. The van der Waals surface area contributed by atoms with Crippen molar-refractivity contribution in [2.24, 2.45) is 22.5 Å². The lowest BCUT2D eigenvalue weighted by Crippen LogP contribution is -2.35. The molecule has 0 amide bonds. The Kier molecular flexibility index (Phi) is 1.24. The van der Waals surface area contributed by atoms with Gasteiger partial charge in [-0.3, -0.25) is 0 Å². The van der Waals surface area contributed by atoms with E-state index in [-0.39, 0.29) is 0 Å². The Balaban J connectivity index is 2.24. The molecule has 1 aliphatic carbocycles. The average molecular weight is 154 g/mol. The number of fused-ring (bicyclic) bond motifs is 1. The first-order valence-corrected chi connectivity index (χ1v) is 4.46. The molecule has 0 aromatic heterocycles. The Hall–Kier alpha value is -0.0800. The van der Waals surface area contributed by atoms with E-state index < -0.39 is 0 Å². The molecule has 11 heavy (non-hydrogen) atoms. The summed E-state index contributed by atoms with van der Waals surface area (Å²) in [7, 11) is 0. The van der Waals surface area contributed by atoms with E-state index in [1.54, 1.807) is 0 Å². The minimum absolute atomic E-state index is 0.376. The molecule has 2 heteroatoms. The van der Waals surface area contributed by atoms with Gasteiger partial charge in [-0.05, 0) is 11.3 Å². The van der Waals surface area contributed by atoms with Crippen LogP contribution in [0.15, 0.2) is 0 Å². The van der Waals surface area contributed by atoms with Crippen LogP contribution in [-0.2, 0) is 0 Å². The predicted octanol–water partition coefficient (Wildman–Crippen LogP) is 0.579. The van der Waals surface area contributed by atoms with Gasteiger partial charge in [0.05, 0.1) is 0 Å². The maximum absolute atomic E-state index is 6.05. The van der Waals surface area contributed by atoms with Crippen molar-refractivity contribution in [1.29, 1.82) is 0 Å². The number of rotatable bonds is 0. The minimum atomic E-state index is 0.376. The number of piperidine rings is 1. The quantitative estimate of drug-likeness (QED) is 0.535. The van der Waals surface area contributed by atoms with Gasteiger partial charge in [-0.2, -0.15) is 0 Å². The molecule has 0 aromatic carbocycles. The molecular weight excluding hydrogens is 136 g/mol. The van der Waals surface area contributed by atoms with Gasteiger partial charge in [0, 0.05) is 24.5 Å². The third-order valence-corrected chi connectivity index (χ3v) is 3.76. The smallest absolute Gasteiger partial charge is 0.0164 e. The molecule has 1 saturated carbocycles. The first-order chi connectivity index (χ1) is 5.00. The third-order valence-electron chi connectivity index (χ3n) is 3.76. The fourth-order valence-electron chi connectivity index (χ4n) is 2.86. The van der Waals surface area contributed by atoms with Crippen molar-refractivity contribution in [2.75, 3.05) is 13.1 Å². The van der Waals surface area contributed by atoms with Crippen LogP contribution >= 0.6 is 0 Å². The molecule has 2 aliphatic rings. The van der Waals surface area contributed by atoms with E-state index in [9.17, 15) is 0 Å². The summed E-state index contributed by atoms with van der Waals surface area (Å²) in [4.78, 5) is 0. The summed E-state index contributed by atoms with van der Waals surface area (Å²) in [6.45, 7) is 9.18. The molecule has 2 nitrogen and oxygen atoms in total. The number of hydrogen-bond acceptors (Lipinski definition) is 2. The molecule has 1 saturated heterocycles. The molecule has 0 bridgehead atoms. The molecule has 1 heterocycles. The normalized spacial score (nSPS) is 49.1. The second-order valence-corrected chi connectivity index (χ2v) is 5.05. The van der Waals surface area contributed by atoms with Gasteiger partial charge < -0.3 is 11.1 Å². The van der Waals surface area contributed by atoms with Gasteiger partial charge in [0.25, 0.3) is 0 Å². The molecule has 0 radical (unpaired) electrons. The van der Waals surface area contributed by atoms with Crippen LogP contribution in [0.25, 0.3) is 0 Å². The predicted molar refractivity (Wildman–Crippen MR) is 46.2 cm³/mol. The number of hydrogen-bond donors (Lipinski definition) is 2. The van der Waals surface area contributed by atoms with Crippen molar-refractivity contribution in [3.05, 3.63) is 0 Å². The molecule has 0 spiro atoms. The van der Waals surface area contributed by atoms with Crippen molar-refractivity contribution >= 4 is 0 Å². The summed E-state index contributed by atoms with van der Waals surface area (Å²) >= 11 is 0. The highest BCUT2D eigenvalue weighted by Gasteiger charge is 2.69. The Bertz CT molecular complexity index is 182. The highest BCUT2D eigenvalue weighted by Crippen LogP contribution is 2.63. The summed E-state index contributed by atoms with van der Waals surface area (Å²) in [5.74, 6) is 0.752.